The SMILES string of the molecule is CS(=O)(=O)N1CCC[C@H](c2cccc(-c3ccc(F)cc3)n2)C1. The van der Waals surface area contributed by atoms with Crippen molar-refractivity contribution < 1.29 is 12.8 Å². The van der Waals surface area contributed by atoms with Gasteiger partial charge in [0.1, 0.15) is 5.82 Å². The third kappa shape index (κ3) is 3.76. The summed E-state index contributed by atoms with van der Waals surface area (Å²) < 4.78 is 38.1. The Labute approximate surface area is 136 Å². The van der Waals surface area contributed by atoms with Gasteiger partial charge in [-0.25, -0.2) is 17.1 Å². The molecule has 0 spiro atoms. The molecule has 0 N–H and O–H groups in total. The molecule has 0 unspecified atom stereocenters. The molecule has 0 bridgehead atoms. The van der Waals surface area contributed by atoms with Crippen LogP contribution in [0.5, 0.6) is 0 Å². The lowest BCUT2D eigenvalue weighted by Crippen LogP contribution is -2.38. The van der Waals surface area contributed by atoms with E-state index in [2.05, 4.69) is 4.98 Å². The second-order valence-corrected chi connectivity index (χ2v) is 7.90. The summed E-state index contributed by atoms with van der Waals surface area (Å²) in [5.74, 6) is -0.181. The molecule has 3 rings (SSSR count). The molecule has 2 aromatic rings. The van der Waals surface area contributed by atoms with Crippen molar-refractivity contribution in [2.75, 3.05) is 19.3 Å². The number of halogens is 1. The van der Waals surface area contributed by atoms with Gasteiger partial charge in [-0.2, -0.15) is 0 Å². The molecule has 1 atom stereocenters. The van der Waals surface area contributed by atoms with Gasteiger partial charge in [-0.1, -0.05) is 6.07 Å². The lowest BCUT2D eigenvalue weighted by molar-refractivity contribution is 0.314. The molecule has 1 aliphatic rings. The van der Waals surface area contributed by atoms with E-state index in [1.807, 2.05) is 18.2 Å². The Morgan fingerprint density at radius 1 is 1.17 bits per heavy atom. The number of piperidine rings is 1. The minimum absolute atomic E-state index is 0.0962. The van der Waals surface area contributed by atoms with Crippen LogP contribution in [-0.2, 0) is 10.0 Å². The molecule has 0 saturated carbocycles. The monoisotopic (exact) mass is 334 g/mol. The lowest BCUT2D eigenvalue weighted by atomic mass is 9.95. The topological polar surface area (TPSA) is 50.3 Å². The van der Waals surface area contributed by atoms with Gasteiger partial charge in [0.15, 0.2) is 0 Å². The summed E-state index contributed by atoms with van der Waals surface area (Å²) in [5, 5.41) is 0. The molecule has 1 aromatic heterocycles. The van der Waals surface area contributed by atoms with Crippen LogP contribution in [0.2, 0.25) is 0 Å². The maximum absolute atomic E-state index is 13.0. The molecule has 0 amide bonds. The molecular formula is C17H19FN2O2S. The fraction of sp³-hybridized carbons (Fsp3) is 0.353. The molecular weight excluding hydrogens is 315 g/mol. The molecule has 1 fully saturated rings. The van der Waals surface area contributed by atoms with Gasteiger partial charge >= 0.3 is 0 Å². The van der Waals surface area contributed by atoms with Crippen LogP contribution < -0.4 is 0 Å². The Morgan fingerprint density at radius 3 is 2.61 bits per heavy atom. The van der Waals surface area contributed by atoms with E-state index in [-0.39, 0.29) is 11.7 Å². The number of benzene rings is 1. The van der Waals surface area contributed by atoms with Crippen LogP contribution in [0, 0.1) is 5.82 Å². The molecule has 2 heterocycles. The number of hydrogen-bond acceptors (Lipinski definition) is 3. The van der Waals surface area contributed by atoms with Gasteiger partial charge in [0.05, 0.1) is 11.9 Å². The Morgan fingerprint density at radius 2 is 1.91 bits per heavy atom. The van der Waals surface area contributed by atoms with E-state index < -0.39 is 10.0 Å². The number of hydrogen-bond donors (Lipinski definition) is 0. The second-order valence-electron chi connectivity index (χ2n) is 5.91. The summed E-state index contributed by atoms with van der Waals surface area (Å²) in [7, 11) is -3.17. The largest absolute Gasteiger partial charge is 0.252 e. The molecule has 23 heavy (non-hydrogen) atoms. The first-order valence-corrected chi connectivity index (χ1v) is 9.46. The van der Waals surface area contributed by atoms with Gasteiger partial charge in [0.2, 0.25) is 10.0 Å². The molecule has 0 radical (unpaired) electrons. The second kappa shape index (κ2) is 6.37. The number of aromatic nitrogens is 1. The van der Waals surface area contributed by atoms with E-state index in [1.54, 1.807) is 12.1 Å². The number of pyridine rings is 1. The van der Waals surface area contributed by atoms with Crippen LogP contribution >= 0.6 is 0 Å². The standard InChI is InChI=1S/C17H19FN2O2S/c1-23(21,22)20-11-3-4-14(12-20)17-6-2-5-16(19-17)13-7-9-15(18)10-8-13/h2,5-10,14H,3-4,11-12H2,1H3/t14-/m0/s1. The van der Waals surface area contributed by atoms with Crippen molar-refractivity contribution in [2.45, 2.75) is 18.8 Å². The van der Waals surface area contributed by atoms with E-state index in [9.17, 15) is 12.8 Å². The smallest absolute Gasteiger partial charge is 0.211 e. The summed E-state index contributed by atoms with van der Waals surface area (Å²) >= 11 is 0. The van der Waals surface area contributed by atoms with Gasteiger partial charge in [-0.05, 0) is 49.2 Å². The van der Waals surface area contributed by atoms with Gasteiger partial charge in [-0.3, -0.25) is 4.98 Å². The Balaban J connectivity index is 1.86. The zero-order valence-corrected chi connectivity index (χ0v) is 13.8. The van der Waals surface area contributed by atoms with Crippen molar-refractivity contribution in [1.29, 1.82) is 0 Å². The third-order valence-electron chi connectivity index (χ3n) is 4.18. The van der Waals surface area contributed by atoms with Crippen molar-refractivity contribution in [2.24, 2.45) is 0 Å². The highest BCUT2D eigenvalue weighted by Crippen LogP contribution is 2.28. The molecule has 4 nitrogen and oxygen atoms in total. The normalized spacial score (nSPS) is 19.7. The quantitative estimate of drug-likeness (QED) is 0.867. The van der Waals surface area contributed by atoms with Gasteiger partial charge in [0, 0.05) is 30.3 Å². The Hall–Kier alpha value is -1.79. The Kier molecular flexibility index (Phi) is 4.46. The van der Waals surface area contributed by atoms with Crippen molar-refractivity contribution in [3.63, 3.8) is 0 Å². The fourth-order valence-electron chi connectivity index (χ4n) is 2.95. The zero-order chi connectivity index (χ0) is 16.4. The first-order valence-electron chi connectivity index (χ1n) is 7.61. The van der Waals surface area contributed by atoms with Crippen molar-refractivity contribution in [1.82, 2.24) is 9.29 Å². The van der Waals surface area contributed by atoms with Gasteiger partial charge in [-0.15, -0.1) is 0 Å². The first kappa shape index (κ1) is 16.1. The number of nitrogens with zero attached hydrogens (tertiary/aromatic N) is 2. The summed E-state index contributed by atoms with van der Waals surface area (Å²) in [6.45, 7) is 1.05. The van der Waals surface area contributed by atoms with Gasteiger partial charge in [0.25, 0.3) is 0 Å². The number of rotatable bonds is 3. The first-order chi connectivity index (χ1) is 10.9. The van der Waals surface area contributed by atoms with Gasteiger partial charge < -0.3 is 0 Å². The highest BCUT2D eigenvalue weighted by Gasteiger charge is 2.27. The molecule has 1 aliphatic heterocycles. The molecule has 122 valence electrons. The fourth-order valence-corrected chi connectivity index (χ4v) is 3.86. The summed E-state index contributed by atoms with van der Waals surface area (Å²) in [6, 6.07) is 12.0. The predicted molar refractivity (Wildman–Crippen MR) is 88.0 cm³/mol. The highest BCUT2D eigenvalue weighted by atomic mass is 32.2. The zero-order valence-electron chi connectivity index (χ0n) is 12.9. The average molecular weight is 334 g/mol. The molecule has 6 heteroatoms. The van der Waals surface area contributed by atoms with Crippen LogP contribution in [0.25, 0.3) is 11.3 Å². The van der Waals surface area contributed by atoms with E-state index in [4.69, 9.17) is 0 Å². The van der Waals surface area contributed by atoms with E-state index >= 15 is 0 Å². The predicted octanol–water partition coefficient (Wildman–Crippen LogP) is 3.03. The van der Waals surface area contributed by atoms with Crippen molar-refractivity contribution in [3.8, 4) is 11.3 Å². The summed E-state index contributed by atoms with van der Waals surface area (Å²) in [4.78, 5) is 4.67. The van der Waals surface area contributed by atoms with Crippen molar-refractivity contribution >= 4 is 10.0 Å². The Bertz CT molecular complexity index is 790. The summed E-state index contributed by atoms with van der Waals surface area (Å²) in [5.41, 5.74) is 2.52. The van der Waals surface area contributed by atoms with Crippen LogP contribution in [0.1, 0.15) is 24.5 Å². The average Bonchev–Trinajstić information content (AvgIpc) is 2.55. The van der Waals surface area contributed by atoms with Crippen LogP contribution in [0.15, 0.2) is 42.5 Å². The number of sulfonamides is 1. The van der Waals surface area contributed by atoms with Crippen LogP contribution in [-0.4, -0.2) is 37.1 Å². The van der Waals surface area contributed by atoms with Crippen LogP contribution in [0.4, 0.5) is 4.39 Å². The van der Waals surface area contributed by atoms with E-state index in [1.165, 1.54) is 22.7 Å². The maximum atomic E-state index is 13.0. The van der Waals surface area contributed by atoms with Crippen molar-refractivity contribution in [3.05, 3.63) is 54.0 Å². The molecule has 1 aromatic carbocycles. The van der Waals surface area contributed by atoms with E-state index in [0.29, 0.717) is 13.1 Å². The van der Waals surface area contributed by atoms with Crippen LogP contribution in [0.3, 0.4) is 0 Å². The van der Waals surface area contributed by atoms with E-state index in [0.717, 1.165) is 29.8 Å². The molecule has 0 aliphatic carbocycles. The lowest BCUT2D eigenvalue weighted by Gasteiger charge is -2.30. The summed E-state index contributed by atoms with van der Waals surface area (Å²) in [6.07, 6.45) is 3.00. The highest BCUT2D eigenvalue weighted by molar-refractivity contribution is 7.88. The maximum Gasteiger partial charge on any atom is 0.211 e. The minimum Gasteiger partial charge on any atom is -0.252 e. The molecule has 1 saturated heterocycles. The minimum atomic E-state index is -3.17. The third-order valence-corrected chi connectivity index (χ3v) is 5.45.